The van der Waals surface area contributed by atoms with Gasteiger partial charge in [-0.15, -0.1) is 0 Å². The molecule has 0 radical (unpaired) electrons. The molecule has 1 aromatic rings. The van der Waals surface area contributed by atoms with E-state index in [0.717, 1.165) is 25.7 Å². The van der Waals surface area contributed by atoms with Crippen molar-refractivity contribution in [3.8, 4) is 0 Å². The highest BCUT2D eigenvalue weighted by molar-refractivity contribution is 14.2. The minimum absolute atomic E-state index is 0.0212. The fourth-order valence-corrected chi connectivity index (χ4v) is 5.75. The number of imide groups is 1. The van der Waals surface area contributed by atoms with Crippen molar-refractivity contribution < 1.29 is 25.6 Å². The molecule has 0 fully saturated rings. The summed E-state index contributed by atoms with van der Waals surface area (Å²) in [5.74, 6) is -1.88. The molecule has 0 heterocycles. The second-order valence-electron chi connectivity index (χ2n) is 9.14. The maximum Gasteiger partial charge on any atom is 0.348 e. The number of benzene rings is 1. The topological polar surface area (TPSA) is 167 Å². The normalized spacial score (nSPS) is 11.0. The SMILES string of the molecule is CCCCCCCCCCCCCCCCCC(=O)NC(=O)c1cc([N+](=O)[O-])cc([N+](=O)[O-])c1I(=O)=O. The molecule has 0 aromatic heterocycles. The summed E-state index contributed by atoms with van der Waals surface area (Å²) in [6, 6.07) is 1.13. The van der Waals surface area contributed by atoms with E-state index >= 15 is 0 Å². The number of amides is 2. The van der Waals surface area contributed by atoms with Crippen molar-refractivity contribution in [2.45, 2.75) is 110 Å². The van der Waals surface area contributed by atoms with Crippen LogP contribution in [0.25, 0.3) is 0 Å². The van der Waals surface area contributed by atoms with E-state index in [1.54, 1.807) is 0 Å². The first-order chi connectivity index (χ1) is 17.7. The Bertz CT molecular complexity index is 986. The van der Waals surface area contributed by atoms with Crippen molar-refractivity contribution in [3.63, 3.8) is 0 Å². The molecule has 1 rings (SSSR count). The van der Waals surface area contributed by atoms with Crippen molar-refractivity contribution >= 4 is 43.0 Å². The molecule has 0 saturated heterocycles. The van der Waals surface area contributed by atoms with Crippen LogP contribution in [0.5, 0.6) is 0 Å². The monoisotopic (exact) mass is 635 g/mol. The van der Waals surface area contributed by atoms with Crippen molar-refractivity contribution in [3.05, 3.63) is 41.5 Å². The number of unbranched alkanes of at least 4 members (excludes halogenated alkanes) is 14. The van der Waals surface area contributed by atoms with E-state index in [4.69, 9.17) is 0 Å². The Labute approximate surface area is 224 Å². The summed E-state index contributed by atoms with van der Waals surface area (Å²) in [6.45, 7) is 2.22. The van der Waals surface area contributed by atoms with Crippen LogP contribution >= 0.6 is 19.8 Å². The Morgan fingerprint density at radius 3 is 1.62 bits per heavy atom. The van der Waals surface area contributed by atoms with Gasteiger partial charge < -0.3 is 0 Å². The van der Waals surface area contributed by atoms with Gasteiger partial charge in [-0.1, -0.05) is 96.8 Å². The molecule has 0 aliphatic carbocycles. The van der Waals surface area contributed by atoms with Gasteiger partial charge in [0.1, 0.15) is 0 Å². The molecule has 2 amide bonds. The Hall–Kier alpha value is -2.51. The van der Waals surface area contributed by atoms with E-state index in [1.807, 2.05) is 5.32 Å². The van der Waals surface area contributed by atoms with Gasteiger partial charge in [0, 0.05) is 12.5 Å². The van der Waals surface area contributed by atoms with Gasteiger partial charge in [-0.25, -0.2) is 6.14 Å². The van der Waals surface area contributed by atoms with Crippen LogP contribution in [0.2, 0.25) is 0 Å². The van der Waals surface area contributed by atoms with Crippen molar-refractivity contribution in [2.24, 2.45) is 0 Å². The maximum atomic E-state index is 12.5. The summed E-state index contributed by atoms with van der Waals surface area (Å²) in [5, 5.41) is 24.3. The number of hydrogen-bond acceptors (Lipinski definition) is 8. The van der Waals surface area contributed by atoms with Gasteiger partial charge in [-0.05, 0) is 6.42 Å². The highest BCUT2D eigenvalue weighted by atomic mass is 127. The minimum Gasteiger partial charge on any atom is -0.292 e. The minimum atomic E-state index is -4.60. The molecule has 11 nitrogen and oxygen atoms in total. The number of nitrogens with zero attached hydrogens (tertiary/aromatic N) is 2. The zero-order valence-electron chi connectivity index (χ0n) is 21.5. The van der Waals surface area contributed by atoms with E-state index < -0.39 is 62.0 Å². The molecule has 0 atom stereocenters. The second kappa shape index (κ2) is 18.7. The van der Waals surface area contributed by atoms with Gasteiger partial charge in [-0.2, -0.15) is 0 Å². The summed E-state index contributed by atoms with van der Waals surface area (Å²) in [4.78, 5) is 44.8. The maximum absolute atomic E-state index is 12.5. The molecule has 37 heavy (non-hydrogen) atoms. The highest BCUT2D eigenvalue weighted by Crippen LogP contribution is 2.35. The third kappa shape index (κ3) is 13.0. The molecule has 0 spiro atoms. The summed E-state index contributed by atoms with van der Waals surface area (Å²) in [7, 11) is 0. The molecule has 0 aliphatic rings. The molecule has 12 heteroatoms. The number of nitro groups is 2. The Morgan fingerprint density at radius 2 is 1.22 bits per heavy atom. The van der Waals surface area contributed by atoms with Gasteiger partial charge in [0.05, 0.1) is 21.5 Å². The quantitative estimate of drug-likeness (QED) is 0.0670. The number of halogens is 1. The number of non-ortho nitro benzene ring substituents is 1. The van der Waals surface area contributed by atoms with E-state index in [0.29, 0.717) is 18.6 Å². The number of rotatable bonds is 20. The fourth-order valence-electron chi connectivity index (χ4n) is 4.07. The van der Waals surface area contributed by atoms with Crippen LogP contribution in [0.15, 0.2) is 12.1 Å². The Morgan fingerprint density at radius 1 is 0.757 bits per heavy atom. The molecular formula is C25H38IN3O8. The number of hydrogen-bond donors (Lipinski definition) is 1. The van der Waals surface area contributed by atoms with Crippen LogP contribution < -0.4 is 5.32 Å². The summed E-state index contributed by atoms with van der Waals surface area (Å²) in [5.41, 5.74) is -2.63. The molecule has 208 valence electrons. The third-order valence-electron chi connectivity index (χ3n) is 6.10. The van der Waals surface area contributed by atoms with Gasteiger partial charge in [0.25, 0.3) is 17.3 Å². The number of carbonyl (C=O) groups is 2. The predicted octanol–water partition coefficient (Wildman–Crippen LogP) is 7.39. The molecule has 1 N–H and O–H groups in total. The summed E-state index contributed by atoms with van der Waals surface area (Å²) >= 11 is -4.60. The van der Waals surface area contributed by atoms with Crippen molar-refractivity contribution in [1.82, 2.24) is 5.32 Å². The van der Waals surface area contributed by atoms with E-state index in [1.165, 1.54) is 64.2 Å². The first-order valence-electron chi connectivity index (χ1n) is 13.0. The lowest BCUT2D eigenvalue weighted by Crippen LogP contribution is -2.31. The van der Waals surface area contributed by atoms with Gasteiger partial charge in [0.2, 0.25) is 5.91 Å². The predicted molar refractivity (Wildman–Crippen MR) is 146 cm³/mol. The van der Waals surface area contributed by atoms with Crippen LogP contribution in [-0.4, -0.2) is 21.7 Å². The first kappa shape index (κ1) is 32.5. The van der Waals surface area contributed by atoms with Crippen LogP contribution in [-0.2, 0) is 10.9 Å². The average Bonchev–Trinajstić information content (AvgIpc) is 2.85. The van der Waals surface area contributed by atoms with Crippen molar-refractivity contribution in [2.75, 3.05) is 0 Å². The molecule has 1 aromatic carbocycles. The summed E-state index contributed by atoms with van der Waals surface area (Å²) in [6.07, 6.45) is 17.5. The van der Waals surface area contributed by atoms with Crippen LogP contribution in [0, 0.1) is 23.8 Å². The number of nitrogens with one attached hydrogen (secondary N) is 1. The fraction of sp³-hybridized carbons (Fsp3) is 0.680. The summed E-state index contributed by atoms with van der Waals surface area (Å²) < 4.78 is 22.4. The highest BCUT2D eigenvalue weighted by Gasteiger charge is 2.31. The lowest BCUT2D eigenvalue weighted by Gasteiger charge is -2.07. The third-order valence-corrected chi connectivity index (χ3v) is 8.12. The van der Waals surface area contributed by atoms with Gasteiger partial charge >= 0.3 is 19.8 Å². The standard InChI is InChI=1S/C25H38IN3O8/c1-2-3-4-5-6-7-8-9-10-11-12-13-14-15-16-17-23(30)27-25(31)21-18-20(28(34)35)19-22(29(36)37)24(21)26(32)33/h18-19H,2-17H2,1H3,(H,27,30,31). The Kier molecular flexibility index (Phi) is 16.4. The number of nitro benzene ring substituents is 2. The molecule has 0 saturated carbocycles. The number of carbonyl (C=O) groups excluding carboxylic acids is 2. The lowest BCUT2D eigenvalue weighted by atomic mass is 10.0. The smallest absolute Gasteiger partial charge is 0.292 e. The first-order valence-corrected chi connectivity index (χ1v) is 15.9. The van der Waals surface area contributed by atoms with Crippen LogP contribution in [0.1, 0.15) is 120 Å². The molecular weight excluding hydrogens is 597 g/mol. The lowest BCUT2D eigenvalue weighted by molar-refractivity contribution is -0.394. The van der Waals surface area contributed by atoms with E-state index in [9.17, 15) is 36.0 Å². The largest absolute Gasteiger partial charge is 0.348 e. The molecule has 0 bridgehead atoms. The van der Waals surface area contributed by atoms with Crippen LogP contribution in [0.3, 0.4) is 0 Å². The van der Waals surface area contributed by atoms with E-state index in [2.05, 4.69) is 6.92 Å². The molecule has 0 unspecified atom stereocenters. The van der Waals surface area contributed by atoms with Crippen LogP contribution in [0.4, 0.5) is 11.4 Å². The molecule has 0 aliphatic heterocycles. The Balaban J connectivity index is 2.34. The van der Waals surface area contributed by atoms with Crippen molar-refractivity contribution in [1.29, 1.82) is 0 Å². The zero-order chi connectivity index (χ0) is 27.6. The zero-order valence-corrected chi connectivity index (χ0v) is 23.7. The van der Waals surface area contributed by atoms with E-state index in [-0.39, 0.29) is 6.42 Å². The average molecular weight is 635 g/mol. The second-order valence-corrected chi connectivity index (χ2v) is 11.5. The van der Waals surface area contributed by atoms with Gasteiger partial charge in [0.15, 0.2) is 3.57 Å². The van der Waals surface area contributed by atoms with Gasteiger partial charge in [-0.3, -0.25) is 35.1 Å².